The highest BCUT2D eigenvalue weighted by atomic mass is 79.9. The zero-order valence-corrected chi connectivity index (χ0v) is 10.3. The molecule has 0 amide bonds. The van der Waals surface area contributed by atoms with Crippen molar-refractivity contribution in [3.63, 3.8) is 0 Å². The third-order valence-corrected chi connectivity index (χ3v) is 3.44. The molecule has 5 heteroatoms. The normalized spacial score (nSPS) is 14.5. The number of hydrogen-bond donors (Lipinski definition) is 0. The first-order valence-electron chi connectivity index (χ1n) is 4.81. The summed E-state index contributed by atoms with van der Waals surface area (Å²) in [6.45, 7) is 1.03. The number of pyridine rings is 1. The third-order valence-electron chi connectivity index (χ3n) is 2.70. The number of halogens is 1. The second-order valence-electron chi connectivity index (χ2n) is 3.61. The van der Waals surface area contributed by atoms with E-state index in [9.17, 15) is 0 Å². The summed E-state index contributed by atoms with van der Waals surface area (Å²) in [5.74, 6) is 1.09. The quantitative estimate of drug-likeness (QED) is 0.550. The van der Waals surface area contributed by atoms with Crippen LogP contribution >= 0.6 is 28.1 Å². The van der Waals surface area contributed by atoms with E-state index in [1.54, 1.807) is 0 Å². The first kappa shape index (κ1) is 9.42. The zero-order valence-electron chi connectivity index (χ0n) is 7.90. The molecule has 76 valence electrons. The summed E-state index contributed by atoms with van der Waals surface area (Å²) in [7, 11) is 0. The van der Waals surface area contributed by atoms with Crippen LogP contribution in [0.2, 0.25) is 0 Å². The second kappa shape index (κ2) is 3.35. The molecule has 1 aliphatic rings. The molecule has 0 aromatic carbocycles. The molecule has 0 radical (unpaired) electrons. The Morgan fingerprint density at radius 1 is 1.47 bits per heavy atom. The lowest BCUT2D eigenvalue weighted by molar-refractivity contribution is 0.762. The standard InChI is InChI=1S/C10H8BrN3S/c11-8-4-6-7(5-12-8)14-3-1-2-9(14)13-10(6)15/h4-5H,1-3H2. The molecule has 2 aromatic heterocycles. The van der Waals surface area contributed by atoms with Crippen LogP contribution in [0.1, 0.15) is 12.2 Å². The van der Waals surface area contributed by atoms with Crippen molar-refractivity contribution in [1.82, 2.24) is 14.5 Å². The minimum Gasteiger partial charge on any atom is -0.328 e. The lowest BCUT2D eigenvalue weighted by Crippen LogP contribution is -2.02. The molecule has 0 unspecified atom stereocenters. The summed E-state index contributed by atoms with van der Waals surface area (Å²) < 4.78 is 3.70. The van der Waals surface area contributed by atoms with Gasteiger partial charge in [-0.05, 0) is 28.4 Å². The van der Waals surface area contributed by atoms with Gasteiger partial charge in [0.25, 0.3) is 0 Å². The van der Waals surface area contributed by atoms with Gasteiger partial charge < -0.3 is 4.57 Å². The summed E-state index contributed by atoms with van der Waals surface area (Å²) >= 11 is 8.63. The van der Waals surface area contributed by atoms with Gasteiger partial charge in [-0.15, -0.1) is 0 Å². The van der Waals surface area contributed by atoms with E-state index in [4.69, 9.17) is 12.2 Å². The van der Waals surface area contributed by atoms with Crippen molar-refractivity contribution in [2.75, 3.05) is 0 Å². The number of rotatable bonds is 0. The monoisotopic (exact) mass is 281 g/mol. The predicted molar refractivity (Wildman–Crippen MR) is 64.4 cm³/mol. The van der Waals surface area contributed by atoms with Gasteiger partial charge in [0, 0.05) is 18.4 Å². The Morgan fingerprint density at radius 3 is 3.20 bits per heavy atom. The summed E-state index contributed by atoms with van der Waals surface area (Å²) in [6, 6.07) is 1.94. The predicted octanol–water partition coefficient (Wildman–Crippen LogP) is 2.87. The van der Waals surface area contributed by atoms with E-state index in [1.807, 2.05) is 12.3 Å². The molecule has 0 bridgehead atoms. The molecule has 0 atom stereocenters. The highest BCUT2D eigenvalue weighted by Gasteiger charge is 2.14. The van der Waals surface area contributed by atoms with Crippen molar-refractivity contribution in [3.05, 3.63) is 27.3 Å². The second-order valence-corrected chi connectivity index (χ2v) is 4.81. The van der Waals surface area contributed by atoms with E-state index in [-0.39, 0.29) is 0 Å². The zero-order chi connectivity index (χ0) is 10.4. The molecule has 0 aliphatic carbocycles. The van der Waals surface area contributed by atoms with Crippen molar-refractivity contribution in [1.29, 1.82) is 0 Å². The van der Waals surface area contributed by atoms with Crippen LogP contribution in [-0.4, -0.2) is 14.5 Å². The first-order valence-corrected chi connectivity index (χ1v) is 6.01. The molecule has 15 heavy (non-hydrogen) atoms. The van der Waals surface area contributed by atoms with Crippen molar-refractivity contribution < 1.29 is 0 Å². The molecular weight excluding hydrogens is 274 g/mol. The van der Waals surface area contributed by atoms with E-state index in [1.165, 1.54) is 0 Å². The summed E-state index contributed by atoms with van der Waals surface area (Å²) in [4.78, 5) is 8.70. The Morgan fingerprint density at radius 2 is 2.33 bits per heavy atom. The Hall–Kier alpha value is -0.810. The average molecular weight is 282 g/mol. The summed E-state index contributed by atoms with van der Waals surface area (Å²) in [5.41, 5.74) is 1.10. The highest BCUT2D eigenvalue weighted by molar-refractivity contribution is 9.10. The maximum atomic E-state index is 5.28. The van der Waals surface area contributed by atoms with Crippen LogP contribution in [0.15, 0.2) is 16.9 Å². The molecule has 0 N–H and O–H groups in total. The minimum absolute atomic E-state index is 0.682. The van der Waals surface area contributed by atoms with Crippen molar-refractivity contribution in [2.45, 2.75) is 19.4 Å². The van der Waals surface area contributed by atoms with Crippen LogP contribution < -0.4 is 0 Å². The van der Waals surface area contributed by atoms with Crippen LogP contribution in [0.3, 0.4) is 0 Å². The Bertz CT molecular complexity index is 605. The van der Waals surface area contributed by atoms with Crippen molar-refractivity contribution in [3.8, 4) is 0 Å². The van der Waals surface area contributed by atoms with Gasteiger partial charge in [-0.2, -0.15) is 0 Å². The first-order chi connectivity index (χ1) is 7.25. The largest absolute Gasteiger partial charge is 0.328 e. The SMILES string of the molecule is S=c1nc2n(c3cnc(Br)cc13)CCC2. The van der Waals surface area contributed by atoms with Gasteiger partial charge in [-0.3, -0.25) is 0 Å². The Balaban J connectivity index is 2.50. The maximum Gasteiger partial charge on any atom is 0.137 e. The lowest BCUT2D eigenvalue weighted by atomic mass is 10.3. The third kappa shape index (κ3) is 1.41. The molecule has 0 fully saturated rings. The van der Waals surface area contributed by atoms with Crippen LogP contribution in [0, 0.1) is 4.64 Å². The van der Waals surface area contributed by atoms with Crippen molar-refractivity contribution >= 4 is 39.1 Å². The summed E-state index contributed by atoms with van der Waals surface area (Å²) in [6.07, 6.45) is 4.04. The fourth-order valence-electron chi connectivity index (χ4n) is 2.02. The van der Waals surface area contributed by atoms with Gasteiger partial charge in [-0.25, -0.2) is 9.97 Å². The van der Waals surface area contributed by atoms with E-state index >= 15 is 0 Å². The number of fused-ring (bicyclic) bond motifs is 3. The number of aromatic nitrogens is 3. The molecule has 3 rings (SSSR count). The Labute approximate surface area is 100 Å². The van der Waals surface area contributed by atoms with Crippen molar-refractivity contribution in [2.24, 2.45) is 0 Å². The smallest absolute Gasteiger partial charge is 0.137 e. The number of nitrogens with zero attached hydrogens (tertiary/aromatic N) is 3. The van der Waals surface area contributed by atoms with Gasteiger partial charge in [0.05, 0.1) is 11.7 Å². The highest BCUT2D eigenvalue weighted by Crippen LogP contribution is 2.23. The summed E-state index contributed by atoms with van der Waals surface area (Å²) in [5, 5.41) is 1.01. The molecule has 0 spiro atoms. The van der Waals surface area contributed by atoms with Crippen LogP contribution in [-0.2, 0) is 13.0 Å². The van der Waals surface area contributed by atoms with Crippen LogP contribution in [0.5, 0.6) is 0 Å². The molecule has 1 aliphatic heterocycles. The minimum atomic E-state index is 0.682. The lowest BCUT2D eigenvalue weighted by Gasteiger charge is -2.08. The average Bonchev–Trinajstić information content (AvgIpc) is 2.66. The van der Waals surface area contributed by atoms with Crippen LogP contribution in [0.4, 0.5) is 0 Å². The van der Waals surface area contributed by atoms with Gasteiger partial charge in [0.1, 0.15) is 15.1 Å². The molecular formula is C10H8BrN3S. The molecule has 3 heterocycles. The fourth-order valence-corrected chi connectivity index (χ4v) is 2.62. The number of aryl methyl sites for hydroxylation is 2. The van der Waals surface area contributed by atoms with Crippen LogP contribution in [0.25, 0.3) is 10.9 Å². The Kier molecular flexibility index (Phi) is 2.10. The van der Waals surface area contributed by atoms with E-state index in [0.717, 1.165) is 40.7 Å². The maximum absolute atomic E-state index is 5.28. The van der Waals surface area contributed by atoms with E-state index in [0.29, 0.717) is 4.64 Å². The molecule has 3 nitrogen and oxygen atoms in total. The van der Waals surface area contributed by atoms with E-state index in [2.05, 4.69) is 30.5 Å². The molecule has 0 saturated carbocycles. The van der Waals surface area contributed by atoms with E-state index < -0.39 is 0 Å². The van der Waals surface area contributed by atoms with Gasteiger partial charge in [-0.1, -0.05) is 12.2 Å². The van der Waals surface area contributed by atoms with Gasteiger partial charge in [0.2, 0.25) is 0 Å². The topological polar surface area (TPSA) is 30.7 Å². The molecule has 0 saturated heterocycles. The van der Waals surface area contributed by atoms with Gasteiger partial charge in [0.15, 0.2) is 0 Å². The van der Waals surface area contributed by atoms with Gasteiger partial charge >= 0.3 is 0 Å². The number of hydrogen-bond acceptors (Lipinski definition) is 3. The molecule has 2 aromatic rings. The fraction of sp³-hybridized carbons (Fsp3) is 0.300.